The molecule has 0 saturated carbocycles. The smallest absolute Gasteiger partial charge is 0.582 e. The van der Waals surface area contributed by atoms with Crippen LogP contribution in [0.2, 0.25) is 0 Å². The molecule has 0 spiro atoms. The minimum Gasteiger partial charge on any atom is -0.582 e. The zero-order valence-corrected chi connectivity index (χ0v) is 12.4. The topological polar surface area (TPSA) is 93.8 Å². The van der Waals surface area contributed by atoms with E-state index in [9.17, 15) is 0 Å². The van der Waals surface area contributed by atoms with Gasteiger partial charge >= 0.3 is 43.7 Å². The van der Waals surface area contributed by atoms with Crippen molar-refractivity contribution in [2.24, 2.45) is 0 Å². The monoisotopic (exact) mass is 353 g/mol. The predicted octanol–water partition coefficient (Wildman–Crippen LogP) is 1.41. The molecule has 3 aromatic rings. The Kier molecular flexibility index (Phi) is 29.6. The number of aromatic nitrogens is 4. The molecule has 0 bridgehead atoms. The summed E-state index contributed by atoms with van der Waals surface area (Å²) in [5.74, 6) is 0. The summed E-state index contributed by atoms with van der Waals surface area (Å²) in [6, 6.07) is 13.6. The van der Waals surface area contributed by atoms with E-state index in [-0.39, 0.29) is 21.1 Å². The molecule has 2 heterocycles. The normalized spacial score (nSPS) is 6.20. The van der Waals surface area contributed by atoms with Gasteiger partial charge in [-0.15, -0.1) is 0 Å². The first kappa shape index (κ1) is 23.1. The van der Waals surface area contributed by atoms with Crippen molar-refractivity contribution in [2.45, 2.75) is 0 Å². The summed E-state index contributed by atoms with van der Waals surface area (Å²) in [5.41, 5.74) is 0. The van der Waals surface area contributed by atoms with E-state index in [1.165, 1.54) is 0 Å². The Hall–Kier alpha value is -2.06. The Morgan fingerprint density at radius 1 is 0.750 bits per heavy atom. The van der Waals surface area contributed by atoms with E-state index in [4.69, 9.17) is 9.30 Å². The molecular weight excluding hydrogens is 340 g/mol. The molecule has 0 aliphatic rings. The van der Waals surface area contributed by atoms with Crippen LogP contribution in [0.5, 0.6) is 0 Å². The molecule has 0 atom stereocenters. The van der Waals surface area contributed by atoms with E-state index in [1.54, 1.807) is 36.9 Å². The van der Waals surface area contributed by atoms with Crippen LogP contribution in [0.3, 0.4) is 0 Å². The molecule has 0 fully saturated rings. The van der Waals surface area contributed by atoms with Crippen LogP contribution in [-0.4, -0.2) is 10.2 Å². The fourth-order valence-electron chi connectivity index (χ4n) is 0.706. The second kappa shape index (κ2) is 25.7. The Morgan fingerprint density at radius 2 is 1.15 bits per heavy atom. The summed E-state index contributed by atoms with van der Waals surface area (Å²) in [6.07, 6.45) is 6.56. The maximum absolute atomic E-state index is 7.50. The number of hydrogen-bond donors (Lipinski definition) is 0. The summed E-state index contributed by atoms with van der Waals surface area (Å²) in [4.78, 5) is 0. The third kappa shape index (κ3) is 21.2. The maximum atomic E-state index is 7.50. The molecule has 0 amide bonds. The van der Waals surface area contributed by atoms with E-state index < -0.39 is 0 Å². The largest absolute Gasteiger partial charge is 2.00 e. The van der Waals surface area contributed by atoms with Crippen molar-refractivity contribution >= 4 is 0 Å². The zero-order valence-electron chi connectivity index (χ0n) is 10.4. The van der Waals surface area contributed by atoms with E-state index in [0.717, 1.165) is 0 Å². The second-order valence-corrected chi connectivity index (χ2v) is 2.41. The van der Waals surface area contributed by atoms with Crippen LogP contribution in [0.4, 0.5) is 0 Å². The van der Waals surface area contributed by atoms with Crippen molar-refractivity contribution in [1.29, 1.82) is 0 Å². The molecular formula is C13H11MoN4O2-. The van der Waals surface area contributed by atoms with Crippen LogP contribution in [-0.2, 0) is 30.4 Å². The Balaban J connectivity index is -0.000000189. The first-order chi connectivity index (χ1) is 9.50. The van der Waals surface area contributed by atoms with E-state index in [2.05, 4.69) is 33.7 Å². The molecule has 0 aliphatic heterocycles. The minimum atomic E-state index is 0. The molecule has 0 N–H and O–H groups in total. The van der Waals surface area contributed by atoms with E-state index in [1.807, 2.05) is 30.3 Å². The molecule has 0 unspecified atom stereocenters. The molecule has 0 aliphatic carbocycles. The van der Waals surface area contributed by atoms with Gasteiger partial charge in [-0.05, 0) is 0 Å². The molecule has 20 heavy (non-hydrogen) atoms. The van der Waals surface area contributed by atoms with Crippen LogP contribution in [0.25, 0.3) is 0 Å². The zero-order chi connectivity index (χ0) is 14.6. The average Bonchev–Trinajstić information content (AvgIpc) is 3.31. The van der Waals surface area contributed by atoms with E-state index >= 15 is 0 Å². The van der Waals surface area contributed by atoms with Gasteiger partial charge in [0.1, 0.15) is 0 Å². The van der Waals surface area contributed by atoms with Crippen molar-refractivity contribution in [3.8, 4) is 0 Å². The van der Waals surface area contributed by atoms with Gasteiger partial charge in [0, 0.05) is 12.4 Å². The minimum absolute atomic E-state index is 0. The summed E-state index contributed by atoms with van der Waals surface area (Å²) in [6.45, 7) is 9.00. The molecule has 1 aromatic carbocycles. The van der Waals surface area contributed by atoms with Gasteiger partial charge in [-0.1, -0.05) is 12.1 Å². The van der Waals surface area contributed by atoms with Crippen LogP contribution in [0.15, 0.2) is 67.3 Å². The third-order valence-electron chi connectivity index (χ3n) is 1.30. The van der Waals surface area contributed by atoms with Gasteiger partial charge in [-0.2, -0.15) is 30.6 Å². The summed E-state index contributed by atoms with van der Waals surface area (Å²) < 4.78 is 15.0. The number of hydrogen-bond acceptors (Lipinski definition) is 2. The van der Waals surface area contributed by atoms with Crippen molar-refractivity contribution < 1.29 is 30.4 Å². The molecule has 7 heteroatoms. The molecule has 2 aromatic heterocycles. The second-order valence-electron chi connectivity index (χ2n) is 2.41. The van der Waals surface area contributed by atoms with Crippen LogP contribution in [0, 0.1) is 13.3 Å². The van der Waals surface area contributed by atoms with Crippen molar-refractivity contribution in [3.05, 3.63) is 80.6 Å². The van der Waals surface area contributed by atoms with Crippen molar-refractivity contribution in [3.63, 3.8) is 0 Å². The summed E-state index contributed by atoms with van der Waals surface area (Å²) in [7, 11) is 0. The van der Waals surface area contributed by atoms with Gasteiger partial charge in [0.2, 0.25) is 0 Å². The average molecular weight is 351 g/mol. The Labute approximate surface area is 131 Å². The Morgan fingerprint density at radius 3 is 1.25 bits per heavy atom. The molecule has 0 saturated heterocycles. The first-order valence-corrected chi connectivity index (χ1v) is 4.84. The van der Waals surface area contributed by atoms with Gasteiger partial charge in [0.15, 0.2) is 0 Å². The summed E-state index contributed by atoms with van der Waals surface area (Å²) >= 11 is 0. The van der Waals surface area contributed by atoms with Gasteiger partial charge in [-0.25, -0.2) is 12.1 Å². The quantitative estimate of drug-likeness (QED) is 0.348. The predicted molar refractivity (Wildman–Crippen MR) is 65.0 cm³/mol. The van der Waals surface area contributed by atoms with Gasteiger partial charge in [0.05, 0.1) is 0 Å². The molecule has 6 nitrogen and oxygen atoms in total. The fraction of sp³-hybridized carbons (Fsp3) is 0. The standard InChI is InChI=1S/C5H5.2C3H3N2.2CO.Mo/c3*1-2-4-5-3-1;2*1-2;/h1-5H;2*1-3H;;;/q3*-1;;;+2. The van der Waals surface area contributed by atoms with Gasteiger partial charge in [-0.3, -0.25) is 0 Å². The molecule has 102 valence electrons. The Bertz CT molecular complexity index is 327. The fourth-order valence-corrected chi connectivity index (χ4v) is 0.706. The van der Waals surface area contributed by atoms with Crippen LogP contribution >= 0.6 is 0 Å². The van der Waals surface area contributed by atoms with Crippen LogP contribution < -0.4 is 10.2 Å². The molecule has 0 radical (unpaired) electrons. The SMILES string of the molecule is [C-]#[O+].[C-]#[O+].[Mo+2].c1cc[cH-]c1.c1cn[n-]c1.c1cn[n-]c1. The van der Waals surface area contributed by atoms with Crippen LogP contribution in [0.1, 0.15) is 0 Å². The molecule has 3 rings (SSSR count). The van der Waals surface area contributed by atoms with Crippen molar-refractivity contribution in [2.75, 3.05) is 0 Å². The number of rotatable bonds is 0. The van der Waals surface area contributed by atoms with Crippen molar-refractivity contribution in [1.82, 2.24) is 20.4 Å². The summed E-state index contributed by atoms with van der Waals surface area (Å²) in [5, 5.41) is 13.9. The van der Waals surface area contributed by atoms with E-state index in [0.29, 0.717) is 0 Å². The third-order valence-corrected chi connectivity index (χ3v) is 1.30. The van der Waals surface area contributed by atoms with Gasteiger partial charge in [0.25, 0.3) is 0 Å². The number of nitrogens with zero attached hydrogens (tertiary/aromatic N) is 4. The first-order valence-electron chi connectivity index (χ1n) is 4.84. The maximum Gasteiger partial charge on any atom is 2.00 e. The van der Waals surface area contributed by atoms with Gasteiger partial charge < -0.3 is 20.4 Å².